The molecule has 0 spiro atoms. The topological polar surface area (TPSA) is 42.0 Å². The van der Waals surface area contributed by atoms with Crippen LogP contribution in [0.3, 0.4) is 0 Å². The van der Waals surface area contributed by atoms with Gasteiger partial charge in [0.25, 0.3) is 5.91 Å². The van der Waals surface area contributed by atoms with E-state index in [0.29, 0.717) is 17.1 Å². The number of aryl methyl sites for hydroxylation is 1. The van der Waals surface area contributed by atoms with Crippen LogP contribution in [0.25, 0.3) is 0 Å². The van der Waals surface area contributed by atoms with E-state index in [1.54, 1.807) is 32.4 Å². The summed E-state index contributed by atoms with van der Waals surface area (Å²) in [5.41, 5.74) is 3.24. The highest BCUT2D eigenvalue weighted by Crippen LogP contribution is 2.28. The fraction of sp³-hybridized carbons (Fsp3) is 0.381. The zero-order valence-corrected chi connectivity index (χ0v) is 15.7. The maximum atomic E-state index is 12.8. The van der Waals surface area contributed by atoms with Crippen molar-refractivity contribution in [2.45, 2.75) is 13.5 Å². The van der Waals surface area contributed by atoms with E-state index < -0.39 is 0 Å². The SMILES string of the molecule is COc1ccc(C(=O)N2CCN(Cc3cccc(C)c3)CC2)cc1OC. The summed E-state index contributed by atoms with van der Waals surface area (Å²) in [6, 6.07) is 13.9. The van der Waals surface area contributed by atoms with E-state index in [1.165, 1.54) is 11.1 Å². The molecule has 3 rings (SSSR count). The Bertz CT molecular complexity index is 768. The van der Waals surface area contributed by atoms with Crippen LogP contribution in [-0.2, 0) is 6.54 Å². The van der Waals surface area contributed by atoms with Crippen molar-refractivity contribution in [3.63, 3.8) is 0 Å². The molecule has 1 saturated heterocycles. The van der Waals surface area contributed by atoms with E-state index in [4.69, 9.17) is 9.47 Å². The van der Waals surface area contributed by atoms with E-state index in [9.17, 15) is 4.79 Å². The van der Waals surface area contributed by atoms with Crippen LogP contribution in [0.4, 0.5) is 0 Å². The molecule has 5 nitrogen and oxygen atoms in total. The Morgan fingerprint density at radius 1 is 0.962 bits per heavy atom. The summed E-state index contributed by atoms with van der Waals surface area (Å²) in [4.78, 5) is 17.1. The Morgan fingerprint density at radius 2 is 1.69 bits per heavy atom. The lowest BCUT2D eigenvalue weighted by Gasteiger charge is -2.35. The van der Waals surface area contributed by atoms with Gasteiger partial charge in [-0.15, -0.1) is 0 Å². The van der Waals surface area contributed by atoms with Crippen molar-refractivity contribution >= 4 is 5.91 Å². The molecule has 5 heteroatoms. The van der Waals surface area contributed by atoms with E-state index in [0.717, 1.165) is 32.7 Å². The summed E-state index contributed by atoms with van der Waals surface area (Å²) in [6.45, 7) is 6.28. The number of methoxy groups -OCH3 is 2. The van der Waals surface area contributed by atoms with Gasteiger partial charge in [-0.3, -0.25) is 9.69 Å². The molecule has 0 aromatic heterocycles. The van der Waals surface area contributed by atoms with Crippen LogP contribution in [0.2, 0.25) is 0 Å². The molecule has 1 amide bonds. The largest absolute Gasteiger partial charge is 0.493 e. The summed E-state index contributed by atoms with van der Waals surface area (Å²) in [5.74, 6) is 1.25. The summed E-state index contributed by atoms with van der Waals surface area (Å²) in [7, 11) is 3.17. The lowest BCUT2D eigenvalue weighted by atomic mass is 10.1. The van der Waals surface area contributed by atoms with Crippen molar-refractivity contribution in [2.75, 3.05) is 40.4 Å². The average molecular weight is 354 g/mol. The van der Waals surface area contributed by atoms with Gasteiger partial charge in [-0.2, -0.15) is 0 Å². The molecule has 0 radical (unpaired) electrons. The van der Waals surface area contributed by atoms with Crippen LogP contribution < -0.4 is 9.47 Å². The zero-order valence-electron chi connectivity index (χ0n) is 15.7. The molecule has 1 aliphatic rings. The summed E-state index contributed by atoms with van der Waals surface area (Å²) >= 11 is 0. The maximum Gasteiger partial charge on any atom is 0.254 e. The standard InChI is InChI=1S/C21H26N2O3/c1-16-5-4-6-17(13-16)15-22-9-11-23(12-10-22)21(24)18-7-8-19(25-2)20(14-18)26-3/h4-8,13-14H,9-12,15H2,1-3H3. The highest BCUT2D eigenvalue weighted by molar-refractivity contribution is 5.95. The summed E-state index contributed by atoms with van der Waals surface area (Å²) < 4.78 is 10.5. The smallest absolute Gasteiger partial charge is 0.254 e. The molecule has 0 N–H and O–H groups in total. The summed E-state index contributed by atoms with van der Waals surface area (Å²) in [5, 5.41) is 0. The van der Waals surface area contributed by atoms with Gasteiger partial charge in [0.1, 0.15) is 0 Å². The highest BCUT2D eigenvalue weighted by atomic mass is 16.5. The molecule has 0 bridgehead atoms. The number of benzene rings is 2. The van der Waals surface area contributed by atoms with Crippen LogP contribution in [0, 0.1) is 6.92 Å². The number of hydrogen-bond acceptors (Lipinski definition) is 4. The minimum Gasteiger partial charge on any atom is -0.493 e. The average Bonchev–Trinajstić information content (AvgIpc) is 2.67. The molecule has 0 saturated carbocycles. The Hall–Kier alpha value is -2.53. The first kappa shape index (κ1) is 18.3. The number of rotatable bonds is 5. The molecule has 1 heterocycles. The third kappa shape index (κ3) is 4.17. The van der Waals surface area contributed by atoms with Crippen molar-refractivity contribution in [2.24, 2.45) is 0 Å². The first-order chi connectivity index (χ1) is 12.6. The first-order valence-corrected chi connectivity index (χ1v) is 8.90. The van der Waals surface area contributed by atoms with Crippen molar-refractivity contribution in [1.29, 1.82) is 0 Å². The van der Waals surface area contributed by atoms with Crippen molar-refractivity contribution in [3.8, 4) is 11.5 Å². The maximum absolute atomic E-state index is 12.8. The number of amides is 1. The van der Waals surface area contributed by atoms with Crippen LogP contribution >= 0.6 is 0 Å². The van der Waals surface area contributed by atoms with E-state index in [-0.39, 0.29) is 5.91 Å². The fourth-order valence-corrected chi connectivity index (χ4v) is 3.33. The second-order valence-corrected chi connectivity index (χ2v) is 6.63. The van der Waals surface area contributed by atoms with Gasteiger partial charge in [-0.1, -0.05) is 29.8 Å². The molecule has 1 fully saturated rings. The molecule has 1 aliphatic heterocycles. The summed E-state index contributed by atoms with van der Waals surface area (Å²) in [6.07, 6.45) is 0. The Labute approximate surface area is 155 Å². The monoisotopic (exact) mass is 354 g/mol. The van der Waals surface area contributed by atoms with E-state index in [2.05, 4.69) is 36.1 Å². The number of piperazine rings is 1. The van der Waals surface area contributed by atoms with E-state index >= 15 is 0 Å². The minimum absolute atomic E-state index is 0.0427. The first-order valence-electron chi connectivity index (χ1n) is 8.90. The van der Waals surface area contributed by atoms with Crippen LogP contribution in [0.5, 0.6) is 11.5 Å². The van der Waals surface area contributed by atoms with Crippen LogP contribution in [0.15, 0.2) is 42.5 Å². The fourth-order valence-electron chi connectivity index (χ4n) is 3.33. The van der Waals surface area contributed by atoms with Gasteiger partial charge in [0.15, 0.2) is 11.5 Å². The zero-order chi connectivity index (χ0) is 18.5. The van der Waals surface area contributed by atoms with Gasteiger partial charge in [-0.25, -0.2) is 0 Å². The van der Waals surface area contributed by atoms with Crippen molar-refractivity contribution in [1.82, 2.24) is 9.80 Å². The number of hydrogen-bond donors (Lipinski definition) is 0. The third-order valence-electron chi connectivity index (χ3n) is 4.78. The molecule has 138 valence electrons. The lowest BCUT2D eigenvalue weighted by molar-refractivity contribution is 0.0628. The van der Waals surface area contributed by atoms with Gasteiger partial charge >= 0.3 is 0 Å². The quantitative estimate of drug-likeness (QED) is 0.828. The van der Waals surface area contributed by atoms with Crippen molar-refractivity contribution in [3.05, 3.63) is 59.2 Å². The molecule has 0 atom stereocenters. The second kappa shape index (κ2) is 8.23. The number of carbonyl (C=O) groups is 1. The van der Waals surface area contributed by atoms with Gasteiger partial charge < -0.3 is 14.4 Å². The predicted molar refractivity (Wildman–Crippen MR) is 102 cm³/mol. The highest BCUT2D eigenvalue weighted by Gasteiger charge is 2.23. The van der Waals surface area contributed by atoms with Crippen LogP contribution in [-0.4, -0.2) is 56.1 Å². The molecular weight excluding hydrogens is 328 g/mol. The second-order valence-electron chi connectivity index (χ2n) is 6.63. The normalized spacial score (nSPS) is 15.0. The number of ether oxygens (including phenoxy) is 2. The molecule has 2 aromatic carbocycles. The van der Waals surface area contributed by atoms with Gasteiger partial charge in [0.2, 0.25) is 0 Å². The van der Waals surface area contributed by atoms with E-state index in [1.807, 2.05) is 4.90 Å². The number of carbonyl (C=O) groups excluding carboxylic acids is 1. The molecular formula is C21H26N2O3. The minimum atomic E-state index is 0.0427. The van der Waals surface area contributed by atoms with Crippen molar-refractivity contribution < 1.29 is 14.3 Å². The third-order valence-corrected chi connectivity index (χ3v) is 4.78. The predicted octanol–water partition coefficient (Wildman–Crippen LogP) is 2.97. The Balaban J connectivity index is 1.60. The molecule has 0 unspecified atom stereocenters. The van der Waals surface area contributed by atoms with Gasteiger partial charge in [-0.05, 0) is 30.7 Å². The lowest BCUT2D eigenvalue weighted by Crippen LogP contribution is -2.48. The molecule has 26 heavy (non-hydrogen) atoms. The Morgan fingerprint density at radius 3 is 2.35 bits per heavy atom. The van der Waals surface area contributed by atoms with Gasteiger partial charge in [0, 0.05) is 38.3 Å². The molecule has 2 aromatic rings. The molecule has 0 aliphatic carbocycles. The number of nitrogens with zero attached hydrogens (tertiary/aromatic N) is 2. The van der Waals surface area contributed by atoms with Crippen LogP contribution in [0.1, 0.15) is 21.5 Å². The van der Waals surface area contributed by atoms with Gasteiger partial charge in [0.05, 0.1) is 14.2 Å². The Kier molecular flexibility index (Phi) is 5.78.